The summed E-state index contributed by atoms with van der Waals surface area (Å²) in [5.41, 5.74) is 6.11. The molecule has 1 aliphatic rings. The number of rotatable bonds is 2. The van der Waals surface area contributed by atoms with Gasteiger partial charge in [-0.15, -0.1) is 0 Å². The van der Waals surface area contributed by atoms with Crippen LogP contribution in [0.3, 0.4) is 0 Å². The van der Waals surface area contributed by atoms with E-state index in [0.717, 1.165) is 18.9 Å². The smallest absolute Gasteiger partial charge is 0.153 e. The number of nitrogens with one attached hydrogen (secondary N) is 1. The zero-order valence-electron chi connectivity index (χ0n) is 8.56. The summed E-state index contributed by atoms with van der Waals surface area (Å²) in [5, 5.41) is 0. The molecule has 0 unspecified atom stereocenters. The van der Waals surface area contributed by atoms with Crippen molar-refractivity contribution in [3.63, 3.8) is 0 Å². The molecule has 5 heteroatoms. The lowest BCUT2D eigenvalue weighted by Crippen LogP contribution is -2.21. The van der Waals surface area contributed by atoms with E-state index >= 15 is 0 Å². The van der Waals surface area contributed by atoms with E-state index in [9.17, 15) is 8.78 Å². The molecule has 3 N–H and O–H groups in total. The van der Waals surface area contributed by atoms with Crippen LogP contribution in [0, 0.1) is 11.6 Å². The lowest BCUT2D eigenvalue weighted by atomic mass is 10.1. The maximum absolute atomic E-state index is 13.4. The maximum Gasteiger partial charge on any atom is 0.153 e. The third-order valence-corrected chi connectivity index (χ3v) is 3.25. The number of fused-ring (bicyclic) bond motifs is 1. The van der Waals surface area contributed by atoms with Crippen LogP contribution in [0.1, 0.15) is 18.7 Å². The molecule has 1 aromatic heterocycles. The number of H-pyrrole nitrogens is 1. The van der Waals surface area contributed by atoms with E-state index in [0.29, 0.717) is 17.9 Å². The van der Waals surface area contributed by atoms with E-state index in [-0.39, 0.29) is 10.9 Å². The van der Waals surface area contributed by atoms with Gasteiger partial charge in [0.15, 0.2) is 5.82 Å². The highest BCUT2D eigenvalue weighted by Gasteiger charge is 2.45. The first-order valence-electron chi connectivity index (χ1n) is 5.20. The van der Waals surface area contributed by atoms with E-state index in [2.05, 4.69) is 9.97 Å². The van der Waals surface area contributed by atoms with Crippen molar-refractivity contribution >= 4 is 11.0 Å². The Morgan fingerprint density at radius 1 is 1.38 bits per heavy atom. The summed E-state index contributed by atoms with van der Waals surface area (Å²) in [7, 11) is 0. The molecule has 1 heterocycles. The number of hydrogen-bond donors (Lipinski definition) is 2. The summed E-state index contributed by atoms with van der Waals surface area (Å²) in [4.78, 5) is 7.14. The largest absolute Gasteiger partial charge is 0.341 e. The summed E-state index contributed by atoms with van der Waals surface area (Å²) in [6.07, 6.45) is 1.90. The van der Waals surface area contributed by atoms with Crippen molar-refractivity contribution in [1.29, 1.82) is 0 Å². The Morgan fingerprint density at radius 2 is 2.12 bits per heavy atom. The number of halogens is 2. The fourth-order valence-corrected chi connectivity index (χ4v) is 1.98. The van der Waals surface area contributed by atoms with E-state index in [1.807, 2.05) is 0 Å². The number of aromatic nitrogens is 2. The Kier molecular flexibility index (Phi) is 1.83. The molecule has 84 valence electrons. The van der Waals surface area contributed by atoms with E-state index in [1.54, 1.807) is 0 Å². The molecule has 0 saturated heterocycles. The van der Waals surface area contributed by atoms with Crippen molar-refractivity contribution in [2.24, 2.45) is 5.73 Å². The average molecular weight is 223 g/mol. The average Bonchev–Trinajstić information content (AvgIpc) is 2.93. The maximum atomic E-state index is 13.4. The van der Waals surface area contributed by atoms with Gasteiger partial charge < -0.3 is 10.7 Å². The van der Waals surface area contributed by atoms with Gasteiger partial charge >= 0.3 is 0 Å². The van der Waals surface area contributed by atoms with Gasteiger partial charge in [0.2, 0.25) is 0 Å². The minimum atomic E-state index is -0.634. The molecule has 16 heavy (non-hydrogen) atoms. The third kappa shape index (κ3) is 1.24. The molecule has 0 spiro atoms. The topological polar surface area (TPSA) is 54.7 Å². The first kappa shape index (κ1) is 9.72. The van der Waals surface area contributed by atoms with Gasteiger partial charge in [0.25, 0.3) is 0 Å². The van der Waals surface area contributed by atoms with E-state index < -0.39 is 11.6 Å². The molecule has 1 saturated carbocycles. The standard InChI is InChI=1S/C11H11F2N3/c12-6-3-7(13)9-8(4-6)15-10(16-9)11(5-14)1-2-11/h3-4H,1-2,5,14H2,(H,15,16). The predicted octanol–water partition coefficient (Wildman–Crippen LogP) is 1.83. The number of nitrogens with zero attached hydrogens (tertiary/aromatic N) is 1. The van der Waals surface area contributed by atoms with Gasteiger partial charge in [0.05, 0.1) is 5.52 Å². The molecular formula is C11H11F2N3. The van der Waals surface area contributed by atoms with E-state index in [4.69, 9.17) is 5.73 Å². The first-order chi connectivity index (χ1) is 7.64. The van der Waals surface area contributed by atoms with Crippen molar-refractivity contribution in [3.8, 4) is 0 Å². The van der Waals surface area contributed by atoms with Crippen LogP contribution in [0.15, 0.2) is 12.1 Å². The lowest BCUT2D eigenvalue weighted by molar-refractivity contribution is 0.590. The number of imidazole rings is 1. The molecule has 1 aliphatic carbocycles. The lowest BCUT2D eigenvalue weighted by Gasteiger charge is -2.06. The molecule has 1 fully saturated rings. The number of nitrogens with two attached hydrogens (primary N) is 1. The molecule has 0 bridgehead atoms. The SMILES string of the molecule is NCC1(c2nc3c(F)cc(F)cc3[nH]2)CC1. The van der Waals surface area contributed by atoms with Crippen LogP contribution in [0.2, 0.25) is 0 Å². The predicted molar refractivity (Wildman–Crippen MR) is 56.0 cm³/mol. The highest BCUT2D eigenvalue weighted by atomic mass is 19.1. The van der Waals surface area contributed by atoms with Gasteiger partial charge in [-0.25, -0.2) is 13.8 Å². The Morgan fingerprint density at radius 3 is 2.75 bits per heavy atom. The zero-order chi connectivity index (χ0) is 11.3. The van der Waals surface area contributed by atoms with Crippen molar-refractivity contribution < 1.29 is 8.78 Å². The van der Waals surface area contributed by atoms with Crippen LogP contribution in [-0.2, 0) is 5.41 Å². The van der Waals surface area contributed by atoms with Gasteiger partial charge in [-0.2, -0.15) is 0 Å². The quantitative estimate of drug-likeness (QED) is 0.816. The summed E-state index contributed by atoms with van der Waals surface area (Å²) in [6, 6.07) is 2.09. The molecule has 1 aromatic carbocycles. The Hall–Kier alpha value is -1.49. The Balaban J connectivity index is 2.20. The van der Waals surface area contributed by atoms with Crippen LogP contribution in [-0.4, -0.2) is 16.5 Å². The second kappa shape index (κ2) is 3.01. The second-order valence-electron chi connectivity index (χ2n) is 4.35. The molecule has 0 amide bonds. The van der Waals surface area contributed by atoms with Crippen LogP contribution in [0.5, 0.6) is 0 Å². The summed E-state index contributed by atoms with van der Waals surface area (Å²) in [5.74, 6) is -0.558. The second-order valence-corrected chi connectivity index (χ2v) is 4.35. The van der Waals surface area contributed by atoms with Gasteiger partial charge in [0, 0.05) is 18.0 Å². The fraction of sp³-hybridized carbons (Fsp3) is 0.364. The molecule has 3 rings (SSSR count). The van der Waals surface area contributed by atoms with Crippen LogP contribution < -0.4 is 5.73 Å². The number of hydrogen-bond acceptors (Lipinski definition) is 2. The Labute approximate surface area is 90.7 Å². The molecule has 0 aliphatic heterocycles. The summed E-state index contributed by atoms with van der Waals surface area (Å²) in [6.45, 7) is 0.483. The van der Waals surface area contributed by atoms with Crippen molar-refractivity contribution in [2.75, 3.05) is 6.54 Å². The van der Waals surface area contributed by atoms with Gasteiger partial charge in [-0.1, -0.05) is 0 Å². The van der Waals surface area contributed by atoms with Crippen LogP contribution in [0.4, 0.5) is 8.78 Å². The Bertz CT molecular complexity index is 558. The minimum Gasteiger partial charge on any atom is -0.341 e. The number of benzene rings is 1. The summed E-state index contributed by atoms with van der Waals surface area (Å²) >= 11 is 0. The molecule has 0 radical (unpaired) electrons. The molecule has 2 aromatic rings. The monoisotopic (exact) mass is 223 g/mol. The summed E-state index contributed by atoms with van der Waals surface area (Å²) < 4.78 is 26.4. The highest BCUT2D eigenvalue weighted by Crippen LogP contribution is 2.46. The highest BCUT2D eigenvalue weighted by molar-refractivity contribution is 5.76. The van der Waals surface area contributed by atoms with Crippen LogP contribution >= 0.6 is 0 Å². The normalized spacial score (nSPS) is 17.9. The fourth-order valence-electron chi connectivity index (χ4n) is 1.98. The minimum absolute atomic E-state index is 0.137. The van der Waals surface area contributed by atoms with Crippen molar-refractivity contribution in [3.05, 3.63) is 29.6 Å². The first-order valence-corrected chi connectivity index (χ1v) is 5.20. The molecular weight excluding hydrogens is 212 g/mol. The van der Waals surface area contributed by atoms with Crippen molar-refractivity contribution in [2.45, 2.75) is 18.3 Å². The van der Waals surface area contributed by atoms with Crippen molar-refractivity contribution in [1.82, 2.24) is 9.97 Å². The molecule has 0 atom stereocenters. The van der Waals surface area contributed by atoms with Gasteiger partial charge in [-0.05, 0) is 18.9 Å². The van der Waals surface area contributed by atoms with Gasteiger partial charge in [-0.3, -0.25) is 0 Å². The zero-order valence-corrected chi connectivity index (χ0v) is 8.56. The molecule has 3 nitrogen and oxygen atoms in total. The van der Waals surface area contributed by atoms with E-state index in [1.165, 1.54) is 6.07 Å². The third-order valence-electron chi connectivity index (χ3n) is 3.25. The van der Waals surface area contributed by atoms with Gasteiger partial charge in [0.1, 0.15) is 17.2 Å². The van der Waals surface area contributed by atoms with Crippen LogP contribution in [0.25, 0.3) is 11.0 Å². The number of aromatic amines is 1.